The van der Waals surface area contributed by atoms with E-state index in [1.807, 2.05) is 4.90 Å². The summed E-state index contributed by atoms with van der Waals surface area (Å²) in [4.78, 5) is 6.24. The van der Waals surface area contributed by atoms with E-state index in [1.165, 1.54) is 12.1 Å². The number of nitrogens with zero attached hydrogens (tertiary/aromatic N) is 3. The summed E-state index contributed by atoms with van der Waals surface area (Å²) in [6.45, 7) is 3.33. The molecule has 0 unspecified atom stereocenters. The normalized spacial score (nSPS) is 14.1. The Kier molecular flexibility index (Phi) is 4.77. The third-order valence-electron chi connectivity index (χ3n) is 4.19. The molecular weight excluding hydrogens is 351 g/mol. The van der Waals surface area contributed by atoms with Crippen LogP contribution in [0.5, 0.6) is 5.75 Å². The molecule has 8 heteroatoms. The van der Waals surface area contributed by atoms with Crippen LogP contribution in [-0.4, -0.2) is 31.2 Å². The molecule has 138 valence electrons. The molecule has 3 heterocycles. The summed E-state index contributed by atoms with van der Waals surface area (Å²) in [5.74, 6) is 1.93. The number of benzene rings is 1. The highest BCUT2D eigenvalue weighted by Gasteiger charge is 2.23. The standard InChI is InChI=1S/C19H17FN4O3/c20-13-1-3-14(4-2-13)25-12-15-5-6-17(26-15)18-23-16(11-21)19(27-18)24-9-7-22-8-10-24/h1-6,22H,7-10,12H2. The SMILES string of the molecule is N#Cc1nc(-c2ccc(COc3ccc(F)cc3)o2)oc1N1CCNCC1. The Morgan fingerprint density at radius 1 is 1.15 bits per heavy atom. The van der Waals surface area contributed by atoms with Gasteiger partial charge in [-0.15, -0.1) is 0 Å². The number of nitrogens with one attached hydrogen (secondary N) is 1. The van der Waals surface area contributed by atoms with Crippen molar-refractivity contribution in [2.24, 2.45) is 0 Å². The molecule has 27 heavy (non-hydrogen) atoms. The average molecular weight is 368 g/mol. The predicted octanol–water partition coefficient (Wildman–Crippen LogP) is 2.93. The molecule has 0 bridgehead atoms. The first-order valence-electron chi connectivity index (χ1n) is 8.57. The molecule has 4 rings (SSSR count). The lowest BCUT2D eigenvalue weighted by molar-refractivity contribution is 0.270. The van der Waals surface area contributed by atoms with Gasteiger partial charge in [-0.25, -0.2) is 4.39 Å². The number of oxazole rings is 1. The molecular formula is C19H17FN4O3. The molecule has 1 saturated heterocycles. The zero-order valence-electron chi connectivity index (χ0n) is 14.4. The Morgan fingerprint density at radius 2 is 1.93 bits per heavy atom. The molecule has 1 N–H and O–H groups in total. The largest absolute Gasteiger partial charge is 0.486 e. The van der Waals surface area contributed by atoms with Gasteiger partial charge in [-0.2, -0.15) is 10.2 Å². The molecule has 1 fully saturated rings. The molecule has 0 radical (unpaired) electrons. The molecule has 1 aliphatic rings. The van der Waals surface area contributed by atoms with Crippen LogP contribution in [0.2, 0.25) is 0 Å². The van der Waals surface area contributed by atoms with Crippen molar-refractivity contribution in [2.75, 3.05) is 31.1 Å². The van der Waals surface area contributed by atoms with Crippen molar-refractivity contribution in [1.29, 1.82) is 5.26 Å². The summed E-state index contributed by atoms with van der Waals surface area (Å²) in [6.07, 6.45) is 0. The van der Waals surface area contributed by atoms with E-state index in [-0.39, 0.29) is 24.0 Å². The van der Waals surface area contributed by atoms with Crippen LogP contribution in [-0.2, 0) is 6.61 Å². The Morgan fingerprint density at radius 3 is 2.67 bits per heavy atom. The first kappa shape index (κ1) is 17.1. The van der Waals surface area contributed by atoms with Gasteiger partial charge in [-0.3, -0.25) is 0 Å². The van der Waals surface area contributed by atoms with Gasteiger partial charge in [0.2, 0.25) is 11.6 Å². The fourth-order valence-electron chi connectivity index (χ4n) is 2.83. The van der Waals surface area contributed by atoms with Crippen molar-refractivity contribution < 1.29 is 18.0 Å². The van der Waals surface area contributed by atoms with Crippen molar-refractivity contribution in [2.45, 2.75) is 6.61 Å². The van der Waals surface area contributed by atoms with Crippen LogP contribution in [0.4, 0.5) is 10.3 Å². The maximum absolute atomic E-state index is 12.9. The zero-order chi connectivity index (χ0) is 18.6. The van der Waals surface area contributed by atoms with Gasteiger partial charge in [-0.1, -0.05) is 0 Å². The topological polar surface area (TPSA) is 87.5 Å². The number of piperazine rings is 1. The summed E-state index contributed by atoms with van der Waals surface area (Å²) >= 11 is 0. The second-order valence-electron chi connectivity index (χ2n) is 6.03. The van der Waals surface area contributed by atoms with Gasteiger partial charge in [0.1, 0.15) is 30.0 Å². The maximum Gasteiger partial charge on any atom is 0.266 e. The minimum atomic E-state index is -0.319. The molecule has 3 aromatic rings. The highest BCUT2D eigenvalue weighted by atomic mass is 19.1. The fourth-order valence-corrected chi connectivity index (χ4v) is 2.83. The lowest BCUT2D eigenvalue weighted by Gasteiger charge is -2.26. The van der Waals surface area contributed by atoms with Gasteiger partial charge >= 0.3 is 0 Å². The summed E-state index contributed by atoms with van der Waals surface area (Å²) in [7, 11) is 0. The molecule has 7 nitrogen and oxygen atoms in total. The highest BCUT2D eigenvalue weighted by molar-refractivity contribution is 5.56. The third-order valence-corrected chi connectivity index (χ3v) is 4.19. The Bertz CT molecular complexity index is 952. The van der Waals surface area contributed by atoms with Crippen molar-refractivity contribution in [3.63, 3.8) is 0 Å². The fraction of sp³-hybridized carbons (Fsp3) is 0.263. The quantitative estimate of drug-likeness (QED) is 0.741. The van der Waals surface area contributed by atoms with Crippen LogP contribution in [0, 0.1) is 17.1 Å². The van der Waals surface area contributed by atoms with Crippen LogP contribution in [0.1, 0.15) is 11.5 Å². The minimum Gasteiger partial charge on any atom is -0.486 e. The number of aromatic nitrogens is 1. The molecule has 0 spiro atoms. The minimum absolute atomic E-state index is 0.183. The third kappa shape index (κ3) is 3.78. The molecule has 0 atom stereocenters. The number of halogens is 1. The molecule has 0 saturated carbocycles. The van der Waals surface area contributed by atoms with E-state index in [2.05, 4.69) is 16.4 Å². The van der Waals surface area contributed by atoms with Crippen molar-refractivity contribution in [1.82, 2.24) is 10.3 Å². The average Bonchev–Trinajstić information content (AvgIpc) is 3.35. The number of hydrogen-bond donors (Lipinski definition) is 1. The van der Waals surface area contributed by atoms with Crippen molar-refractivity contribution in [3.05, 3.63) is 53.7 Å². The lowest BCUT2D eigenvalue weighted by Crippen LogP contribution is -2.43. The number of ether oxygens (including phenoxy) is 1. The summed E-state index contributed by atoms with van der Waals surface area (Å²) < 4.78 is 30.0. The van der Waals surface area contributed by atoms with Gasteiger partial charge < -0.3 is 23.8 Å². The van der Waals surface area contributed by atoms with Gasteiger partial charge in [0, 0.05) is 26.2 Å². The second-order valence-corrected chi connectivity index (χ2v) is 6.03. The van der Waals surface area contributed by atoms with Gasteiger partial charge in [-0.05, 0) is 36.4 Å². The van der Waals surface area contributed by atoms with Crippen LogP contribution in [0.15, 0.2) is 45.2 Å². The second kappa shape index (κ2) is 7.51. The summed E-state index contributed by atoms with van der Waals surface area (Å²) in [5, 5.41) is 12.6. The predicted molar refractivity (Wildman–Crippen MR) is 94.7 cm³/mol. The Balaban J connectivity index is 1.48. The van der Waals surface area contributed by atoms with Crippen LogP contribution in [0.25, 0.3) is 11.7 Å². The first-order chi connectivity index (χ1) is 13.2. The molecule has 1 aromatic carbocycles. The van der Waals surface area contributed by atoms with E-state index >= 15 is 0 Å². The molecule has 0 amide bonds. The smallest absolute Gasteiger partial charge is 0.266 e. The van der Waals surface area contributed by atoms with Crippen molar-refractivity contribution in [3.8, 4) is 23.5 Å². The maximum atomic E-state index is 12.9. The summed E-state index contributed by atoms with van der Waals surface area (Å²) in [5.41, 5.74) is 0.243. The van der Waals surface area contributed by atoms with Gasteiger partial charge in [0.25, 0.3) is 5.89 Å². The van der Waals surface area contributed by atoms with Crippen molar-refractivity contribution >= 4 is 5.88 Å². The monoisotopic (exact) mass is 368 g/mol. The van der Waals surface area contributed by atoms with Crippen LogP contribution < -0.4 is 15.0 Å². The number of rotatable bonds is 5. The molecule has 2 aromatic heterocycles. The van der Waals surface area contributed by atoms with Crippen LogP contribution in [0.3, 0.4) is 0 Å². The van der Waals surface area contributed by atoms with E-state index in [4.69, 9.17) is 13.6 Å². The Labute approximate surface area is 155 Å². The van der Waals surface area contributed by atoms with Crippen LogP contribution >= 0.6 is 0 Å². The molecule has 1 aliphatic heterocycles. The van der Waals surface area contributed by atoms with Gasteiger partial charge in [0.05, 0.1) is 0 Å². The number of anilines is 1. The van der Waals surface area contributed by atoms with E-state index < -0.39 is 0 Å². The van der Waals surface area contributed by atoms with E-state index in [1.54, 1.807) is 24.3 Å². The van der Waals surface area contributed by atoms with Gasteiger partial charge in [0.15, 0.2) is 5.76 Å². The Hall–Kier alpha value is -3.31. The first-order valence-corrected chi connectivity index (χ1v) is 8.57. The van der Waals surface area contributed by atoms with E-state index in [9.17, 15) is 9.65 Å². The number of hydrogen-bond acceptors (Lipinski definition) is 7. The number of nitriles is 1. The molecule has 0 aliphatic carbocycles. The number of furan rings is 1. The summed E-state index contributed by atoms with van der Waals surface area (Å²) in [6, 6.07) is 11.3. The van der Waals surface area contributed by atoms with E-state index in [0.29, 0.717) is 23.2 Å². The zero-order valence-corrected chi connectivity index (χ0v) is 14.4. The highest BCUT2D eigenvalue weighted by Crippen LogP contribution is 2.29. The van der Waals surface area contributed by atoms with E-state index in [0.717, 1.165) is 26.2 Å². The lowest BCUT2D eigenvalue weighted by atomic mass is 10.3.